The van der Waals surface area contributed by atoms with Gasteiger partial charge in [0.25, 0.3) is 5.91 Å². The zero-order valence-corrected chi connectivity index (χ0v) is 10.9. The van der Waals surface area contributed by atoms with Crippen molar-refractivity contribution in [2.45, 2.75) is 0 Å². The second-order valence-corrected chi connectivity index (χ2v) is 4.02. The number of rotatable bonds is 4. The van der Waals surface area contributed by atoms with Gasteiger partial charge in [0.15, 0.2) is 12.4 Å². The molecule has 0 aliphatic rings. The fraction of sp³-hybridized carbons (Fsp3) is 0. The molecule has 0 aliphatic carbocycles. The summed E-state index contributed by atoms with van der Waals surface area (Å²) in [5, 5.41) is 25.1. The van der Waals surface area contributed by atoms with E-state index in [0.717, 1.165) is 0 Å². The summed E-state index contributed by atoms with van der Waals surface area (Å²) in [5.41, 5.74) is 1.53. The SMILES string of the molecule is N#CNc1cccc(C(=O)Nc2ccccc2)c1NC#N. The molecule has 0 unspecified atom stereocenters. The van der Waals surface area contributed by atoms with Crippen molar-refractivity contribution >= 4 is 23.0 Å². The molecule has 2 rings (SSSR count). The largest absolute Gasteiger partial charge is 0.322 e. The number of anilines is 3. The fourth-order valence-corrected chi connectivity index (χ4v) is 1.82. The lowest BCUT2D eigenvalue weighted by Crippen LogP contribution is -2.14. The van der Waals surface area contributed by atoms with Crippen LogP contribution < -0.4 is 16.0 Å². The Balaban J connectivity index is 2.34. The molecule has 3 N–H and O–H groups in total. The standard InChI is InChI=1S/C15H11N5O/c16-9-18-13-8-4-7-12(14(13)19-10-17)15(21)20-11-5-2-1-3-6-11/h1-8,18-19H,(H,20,21). The third kappa shape index (κ3) is 3.28. The summed E-state index contributed by atoms with van der Waals surface area (Å²) in [6.45, 7) is 0. The number of para-hydroxylation sites is 2. The van der Waals surface area contributed by atoms with E-state index in [-0.39, 0.29) is 17.2 Å². The van der Waals surface area contributed by atoms with E-state index in [9.17, 15) is 4.79 Å². The minimum Gasteiger partial charge on any atom is -0.322 e. The summed E-state index contributed by atoms with van der Waals surface area (Å²) in [5.74, 6) is -0.375. The molecule has 6 nitrogen and oxygen atoms in total. The third-order valence-corrected chi connectivity index (χ3v) is 2.71. The van der Waals surface area contributed by atoms with E-state index in [1.54, 1.807) is 54.9 Å². The molecule has 1 amide bonds. The van der Waals surface area contributed by atoms with Crippen molar-refractivity contribution in [1.29, 1.82) is 10.5 Å². The lowest BCUT2D eigenvalue weighted by Gasteiger charge is -2.12. The van der Waals surface area contributed by atoms with Crippen molar-refractivity contribution in [2.75, 3.05) is 16.0 Å². The minimum atomic E-state index is -0.375. The van der Waals surface area contributed by atoms with Crippen LogP contribution >= 0.6 is 0 Å². The molecule has 0 aromatic heterocycles. The van der Waals surface area contributed by atoms with Gasteiger partial charge >= 0.3 is 0 Å². The van der Waals surface area contributed by atoms with Crippen molar-refractivity contribution in [3.8, 4) is 12.4 Å². The van der Waals surface area contributed by atoms with Crippen LogP contribution in [0.5, 0.6) is 0 Å². The van der Waals surface area contributed by atoms with Gasteiger partial charge in [-0.3, -0.25) is 15.4 Å². The maximum Gasteiger partial charge on any atom is 0.257 e. The van der Waals surface area contributed by atoms with Crippen LogP contribution in [0.1, 0.15) is 10.4 Å². The zero-order valence-electron chi connectivity index (χ0n) is 10.9. The van der Waals surface area contributed by atoms with Gasteiger partial charge in [0, 0.05) is 5.69 Å². The Kier molecular flexibility index (Phi) is 4.37. The first kappa shape index (κ1) is 13.9. The van der Waals surface area contributed by atoms with Gasteiger partial charge in [0.2, 0.25) is 0 Å². The molecule has 0 saturated heterocycles. The van der Waals surface area contributed by atoms with Crippen LogP contribution in [0.4, 0.5) is 17.1 Å². The van der Waals surface area contributed by atoms with Crippen molar-refractivity contribution in [2.24, 2.45) is 0 Å². The molecule has 102 valence electrons. The van der Waals surface area contributed by atoms with Crippen LogP contribution in [0.2, 0.25) is 0 Å². The Labute approximate surface area is 121 Å². The van der Waals surface area contributed by atoms with E-state index in [1.165, 1.54) is 0 Å². The van der Waals surface area contributed by atoms with Crippen LogP contribution in [0.3, 0.4) is 0 Å². The highest BCUT2D eigenvalue weighted by molar-refractivity contribution is 6.10. The van der Waals surface area contributed by atoms with Crippen LogP contribution in [-0.2, 0) is 0 Å². The van der Waals surface area contributed by atoms with Gasteiger partial charge in [0.05, 0.1) is 16.9 Å². The number of carbonyl (C=O) groups excluding carboxylic acids is 1. The van der Waals surface area contributed by atoms with Crippen molar-refractivity contribution in [3.05, 3.63) is 54.1 Å². The van der Waals surface area contributed by atoms with Gasteiger partial charge < -0.3 is 5.32 Å². The maximum atomic E-state index is 12.3. The van der Waals surface area contributed by atoms with Crippen LogP contribution in [-0.4, -0.2) is 5.91 Å². The van der Waals surface area contributed by atoms with E-state index in [0.29, 0.717) is 11.4 Å². The molecule has 0 radical (unpaired) electrons. The predicted octanol–water partition coefficient (Wildman–Crippen LogP) is 2.72. The molecule has 0 atom stereocenters. The summed E-state index contributed by atoms with van der Waals surface area (Å²) < 4.78 is 0. The van der Waals surface area contributed by atoms with E-state index in [2.05, 4.69) is 16.0 Å². The summed E-state index contributed by atoms with van der Waals surface area (Å²) in [4.78, 5) is 12.3. The summed E-state index contributed by atoms with van der Waals surface area (Å²) in [7, 11) is 0. The average Bonchev–Trinajstić information content (AvgIpc) is 2.50. The quantitative estimate of drug-likeness (QED) is 0.589. The van der Waals surface area contributed by atoms with Crippen molar-refractivity contribution in [1.82, 2.24) is 0 Å². The van der Waals surface area contributed by atoms with E-state index in [4.69, 9.17) is 10.5 Å². The van der Waals surface area contributed by atoms with Crippen molar-refractivity contribution in [3.63, 3.8) is 0 Å². The number of nitrogens with one attached hydrogen (secondary N) is 3. The lowest BCUT2D eigenvalue weighted by atomic mass is 10.1. The third-order valence-electron chi connectivity index (χ3n) is 2.71. The minimum absolute atomic E-state index is 0.259. The van der Waals surface area contributed by atoms with Gasteiger partial charge in [-0.1, -0.05) is 24.3 Å². The summed E-state index contributed by atoms with van der Waals surface area (Å²) >= 11 is 0. The topological polar surface area (TPSA) is 101 Å². The first-order valence-corrected chi connectivity index (χ1v) is 6.06. The molecule has 6 heteroatoms. The van der Waals surface area contributed by atoms with E-state index >= 15 is 0 Å². The highest BCUT2D eigenvalue weighted by Gasteiger charge is 2.15. The van der Waals surface area contributed by atoms with Gasteiger partial charge in [-0.25, -0.2) is 0 Å². The number of nitrogens with zero attached hydrogens (tertiary/aromatic N) is 2. The Morgan fingerprint density at radius 3 is 2.29 bits per heavy atom. The summed E-state index contributed by atoms with van der Waals surface area (Å²) in [6, 6.07) is 13.8. The van der Waals surface area contributed by atoms with Crippen LogP contribution in [0.25, 0.3) is 0 Å². The Bertz CT molecular complexity index is 728. The fourth-order valence-electron chi connectivity index (χ4n) is 1.82. The maximum absolute atomic E-state index is 12.3. The van der Waals surface area contributed by atoms with Gasteiger partial charge in [-0.05, 0) is 24.3 Å². The molecule has 0 bridgehead atoms. The highest BCUT2D eigenvalue weighted by Crippen LogP contribution is 2.26. The van der Waals surface area contributed by atoms with Crippen molar-refractivity contribution < 1.29 is 4.79 Å². The first-order valence-electron chi connectivity index (χ1n) is 6.06. The number of benzene rings is 2. The molecule has 2 aromatic carbocycles. The molecule has 0 fully saturated rings. The molecule has 0 saturated carbocycles. The van der Waals surface area contributed by atoms with Gasteiger partial charge in [0.1, 0.15) is 0 Å². The monoisotopic (exact) mass is 277 g/mol. The number of amides is 1. The highest BCUT2D eigenvalue weighted by atomic mass is 16.1. The normalized spacial score (nSPS) is 9.05. The van der Waals surface area contributed by atoms with Gasteiger partial charge in [-0.2, -0.15) is 10.5 Å². The van der Waals surface area contributed by atoms with E-state index in [1.807, 2.05) is 6.07 Å². The molecule has 0 aliphatic heterocycles. The second kappa shape index (κ2) is 6.60. The number of hydrogen-bond donors (Lipinski definition) is 3. The summed E-state index contributed by atoms with van der Waals surface area (Å²) in [6.07, 6.45) is 3.53. The zero-order chi connectivity index (χ0) is 15.1. The number of hydrogen-bond acceptors (Lipinski definition) is 5. The molecule has 2 aromatic rings. The average molecular weight is 277 g/mol. The molecule has 0 spiro atoms. The van der Waals surface area contributed by atoms with Crippen LogP contribution in [0, 0.1) is 22.9 Å². The van der Waals surface area contributed by atoms with Crippen LogP contribution in [0.15, 0.2) is 48.5 Å². The first-order chi connectivity index (χ1) is 10.3. The Morgan fingerprint density at radius 1 is 0.905 bits per heavy atom. The molecule has 21 heavy (non-hydrogen) atoms. The molecular formula is C15H11N5O. The van der Waals surface area contributed by atoms with Gasteiger partial charge in [-0.15, -0.1) is 0 Å². The molecular weight excluding hydrogens is 266 g/mol. The second-order valence-electron chi connectivity index (χ2n) is 4.02. The lowest BCUT2D eigenvalue weighted by molar-refractivity contribution is 0.102. The smallest absolute Gasteiger partial charge is 0.257 e. The van der Waals surface area contributed by atoms with E-state index < -0.39 is 0 Å². The Hall–Kier alpha value is -3.51. The Morgan fingerprint density at radius 2 is 1.62 bits per heavy atom. The number of carbonyl (C=O) groups is 1. The predicted molar refractivity (Wildman–Crippen MR) is 79.3 cm³/mol. The molecule has 0 heterocycles. The number of nitriles is 2.